The number of nitrogens with zero attached hydrogens (tertiary/aromatic N) is 3. The van der Waals surface area contributed by atoms with Crippen LogP contribution in [0.3, 0.4) is 0 Å². The topological polar surface area (TPSA) is 67.2 Å². The van der Waals surface area contributed by atoms with Gasteiger partial charge in [0.05, 0.1) is 19.3 Å². The molecule has 1 aromatic carbocycles. The molecule has 0 aliphatic carbocycles. The van der Waals surface area contributed by atoms with Crippen LogP contribution in [0.25, 0.3) is 0 Å². The van der Waals surface area contributed by atoms with Gasteiger partial charge in [-0.1, -0.05) is 40.9 Å². The number of aromatic nitrogens is 2. The molecule has 1 aliphatic rings. The third kappa shape index (κ3) is 5.17. The van der Waals surface area contributed by atoms with Crippen LogP contribution in [-0.4, -0.2) is 39.6 Å². The van der Waals surface area contributed by atoms with Crippen LogP contribution in [0.15, 0.2) is 41.0 Å². The van der Waals surface area contributed by atoms with Crippen molar-refractivity contribution in [1.82, 2.24) is 14.7 Å². The first-order valence-electron chi connectivity index (χ1n) is 8.96. The Bertz CT molecular complexity index is 757. The molecule has 1 N–H and O–H groups in total. The van der Waals surface area contributed by atoms with Gasteiger partial charge in [-0.3, -0.25) is 9.59 Å². The first kappa shape index (κ1) is 18.6. The highest BCUT2D eigenvalue weighted by Crippen LogP contribution is 2.15. The van der Waals surface area contributed by atoms with Gasteiger partial charge in [0.1, 0.15) is 5.82 Å². The second kappa shape index (κ2) is 8.98. The summed E-state index contributed by atoms with van der Waals surface area (Å²) in [5, 5.41) is 7.17. The number of benzene rings is 1. The number of halogens is 1. The summed E-state index contributed by atoms with van der Waals surface area (Å²) in [4.78, 5) is 26.3. The zero-order valence-corrected chi connectivity index (χ0v) is 16.2. The van der Waals surface area contributed by atoms with Gasteiger partial charge in [-0.15, -0.1) is 0 Å². The molecule has 6 nitrogen and oxygen atoms in total. The highest BCUT2D eigenvalue weighted by molar-refractivity contribution is 9.10. The molecule has 0 bridgehead atoms. The van der Waals surface area contributed by atoms with Crippen LogP contribution in [0.5, 0.6) is 0 Å². The fourth-order valence-corrected chi connectivity index (χ4v) is 3.33. The number of hydrogen-bond donors (Lipinski definition) is 1. The van der Waals surface area contributed by atoms with Crippen molar-refractivity contribution in [3.05, 3.63) is 46.6 Å². The van der Waals surface area contributed by atoms with E-state index in [1.54, 1.807) is 21.8 Å². The molecule has 138 valence electrons. The van der Waals surface area contributed by atoms with Crippen molar-refractivity contribution in [3.8, 4) is 0 Å². The average molecular weight is 419 g/mol. The van der Waals surface area contributed by atoms with E-state index in [4.69, 9.17) is 0 Å². The summed E-state index contributed by atoms with van der Waals surface area (Å²) in [6.45, 7) is 1.32. The number of anilines is 1. The van der Waals surface area contributed by atoms with Gasteiger partial charge in [-0.05, 0) is 30.5 Å². The number of hydrogen-bond acceptors (Lipinski definition) is 3. The maximum absolute atomic E-state index is 12.4. The van der Waals surface area contributed by atoms with E-state index < -0.39 is 0 Å². The molecule has 1 saturated heterocycles. The van der Waals surface area contributed by atoms with Crippen molar-refractivity contribution in [3.63, 3.8) is 0 Å². The number of carbonyl (C=O) groups excluding carboxylic acids is 2. The second-order valence-corrected chi connectivity index (χ2v) is 7.44. The van der Waals surface area contributed by atoms with Crippen molar-refractivity contribution in [2.24, 2.45) is 0 Å². The van der Waals surface area contributed by atoms with Crippen LogP contribution in [-0.2, 0) is 16.1 Å². The molecule has 0 unspecified atom stereocenters. The molecule has 2 amide bonds. The summed E-state index contributed by atoms with van der Waals surface area (Å²) in [5.41, 5.74) is 1.09. The lowest BCUT2D eigenvalue weighted by Gasteiger charge is -2.24. The smallest absolute Gasteiger partial charge is 0.245 e. The highest BCUT2D eigenvalue weighted by Gasteiger charge is 2.19. The predicted molar refractivity (Wildman–Crippen MR) is 104 cm³/mol. The van der Waals surface area contributed by atoms with E-state index in [9.17, 15) is 9.59 Å². The Labute approximate surface area is 161 Å². The van der Waals surface area contributed by atoms with E-state index in [1.165, 1.54) is 0 Å². The van der Waals surface area contributed by atoms with E-state index in [1.807, 2.05) is 24.3 Å². The number of carbonyl (C=O) groups is 2. The van der Waals surface area contributed by atoms with E-state index in [0.29, 0.717) is 25.3 Å². The third-order valence-electron chi connectivity index (χ3n) is 4.49. The Balaban J connectivity index is 1.60. The van der Waals surface area contributed by atoms with Crippen LogP contribution in [0.4, 0.5) is 5.82 Å². The molecule has 0 saturated carbocycles. The minimum absolute atomic E-state index is 0.0724. The predicted octanol–water partition coefficient (Wildman–Crippen LogP) is 3.43. The largest absolute Gasteiger partial charge is 0.333 e. The number of amides is 2. The van der Waals surface area contributed by atoms with Crippen LogP contribution >= 0.6 is 15.9 Å². The lowest BCUT2D eigenvalue weighted by Crippen LogP contribution is -2.39. The molecular weight excluding hydrogens is 396 g/mol. The van der Waals surface area contributed by atoms with Gasteiger partial charge in [0.25, 0.3) is 0 Å². The van der Waals surface area contributed by atoms with E-state index in [0.717, 1.165) is 35.7 Å². The molecule has 1 fully saturated rings. The van der Waals surface area contributed by atoms with Gasteiger partial charge in [0, 0.05) is 23.5 Å². The van der Waals surface area contributed by atoms with Gasteiger partial charge >= 0.3 is 0 Å². The molecule has 26 heavy (non-hydrogen) atoms. The van der Waals surface area contributed by atoms with Crippen molar-refractivity contribution >= 4 is 33.6 Å². The molecule has 0 atom stereocenters. The van der Waals surface area contributed by atoms with Crippen LogP contribution in [0.1, 0.15) is 37.7 Å². The van der Waals surface area contributed by atoms with Gasteiger partial charge < -0.3 is 10.2 Å². The van der Waals surface area contributed by atoms with Gasteiger partial charge in [-0.2, -0.15) is 5.10 Å². The number of nitrogens with one attached hydrogen (secondary N) is 1. The van der Waals surface area contributed by atoms with E-state index >= 15 is 0 Å². The molecule has 2 aromatic rings. The summed E-state index contributed by atoms with van der Waals surface area (Å²) < 4.78 is 2.77. The van der Waals surface area contributed by atoms with Crippen LogP contribution in [0, 0.1) is 0 Å². The molecule has 2 heterocycles. The molecule has 0 radical (unpaired) electrons. The van der Waals surface area contributed by atoms with E-state index in [2.05, 4.69) is 26.3 Å². The molecule has 7 heteroatoms. The highest BCUT2D eigenvalue weighted by atomic mass is 79.9. The Hall–Kier alpha value is -2.15. The van der Waals surface area contributed by atoms with Crippen LogP contribution < -0.4 is 5.32 Å². The molecule has 0 spiro atoms. The quantitative estimate of drug-likeness (QED) is 0.808. The summed E-state index contributed by atoms with van der Waals surface area (Å²) in [6.07, 6.45) is 6.29. The first-order valence-corrected chi connectivity index (χ1v) is 9.75. The van der Waals surface area contributed by atoms with Gasteiger partial charge in [0.15, 0.2) is 0 Å². The number of rotatable bonds is 5. The van der Waals surface area contributed by atoms with Gasteiger partial charge in [-0.25, -0.2) is 4.68 Å². The zero-order chi connectivity index (χ0) is 18.4. The monoisotopic (exact) mass is 418 g/mol. The van der Waals surface area contributed by atoms with Crippen LogP contribution in [0.2, 0.25) is 0 Å². The second-order valence-electron chi connectivity index (χ2n) is 6.53. The van der Waals surface area contributed by atoms with E-state index in [-0.39, 0.29) is 18.4 Å². The lowest BCUT2D eigenvalue weighted by atomic mass is 10.1. The standard InChI is InChI=1S/C19H23BrN4O2/c20-16-8-6-15(7-9-16)13-24-17(10-11-21-24)22-18(25)14-23-12-4-2-1-3-5-19(23)26/h6-11H,1-5,12-14H2,(H,22,25). The average Bonchev–Trinajstić information content (AvgIpc) is 3.03. The minimum Gasteiger partial charge on any atom is -0.333 e. The summed E-state index contributed by atoms with van der Waals surface area (Å²) in [5.74, 6) is 0.525. The van der Waals surface area contributed by atoms with Crippen molar-refractivity contribution < 1.29 is 9.59 Å². The minimum atomic E-state index is -0.184. The summed E-state index contributed by atoms with van der Waals surface area (Å²) in [6, 6.07) is 9.74. The summed E-state index contributed by atoms with van der Waals surface area (Å²) in [7, 11) is 0. The third-order valence-corrected chi connectivity index (χ3v) is 5.01. The Kier molecular flexibility index (Phi) is 6.44. The molecule has 1 aromatic heterocycles. The Morgan fingerprint density at radius 1 is 1.12 bits per heavy atom. The Morgan fingerprint density at radius 2 is 1.88 bits per heavy atom. The summed E-state index contributed by atoms with van der Waals surface area (Å²) >= 11 is 3.42. The van der Waals surface area contributed by atoms with Crippen molar-refractivity contribution in [1.29, 1.82) is 0 Å². The maximum Gasteiger partial charge on any atom is 0.245 e. The normalized spacial score (nSPS) is 15.4. The molecule has 1 aliphatic heterocycles. The zero-order valence-electron chi connectivity index (χ0n) is 14.7. The first-order chi connectivity index (χ1) is 12.6. The molecule has 3 rings (SSSR count). The Morgan fingerprint density at radius 3 is 2.69 bits per heavy atom. The van der Waals surface area contributed by atoms with Crippen molar-refractivity contribution in [2.45, 2.75) is 38.6 Å². The SMILES string of the molecule is O=C(CN1CCCCCCC1=O)Nc1ccnn1Cc1ccc(Br)cc1. The lowest BCUT2D eigenvalue weighted by molar-refractivity contribution is -0.135. The number of likely N-dealkylation sites (tertiary alicyclic amines) is 1. The maximum atomic E-state index is 12.4. The van der Waals surface area contributed by atoms with Crippen molar-refractivity contribution in [2.75, 3.05) is 18.4 Å². The fourth-order valence-electron chi connectivity index (χ4n) is 3.07. The molecular formula is C19H23BrN4O2. The fraction of sp³-hybridized carbons (Fsp3) is 0.421. The van der Waals surface area contributed by atoms with Gasteiger partial charge in [0.2, 0.25) is 11.8 Å².